The molecular formula is C11H12BrN3O2. The summed E-state index contributed by atoms with van der Waals surface area (Å²) in [6, 6.07) is 1.94. The molecule has 5 nitrogen and oxygen atoms in total. The first-order valence-corrected chi connectivity index (χ1v) is 6.16. The van der Waals surface area contributed by atoms with Crippen LogP contribution in [0.2, 0.25) is 0 Å². The van der Waals surface area contributed by atoms with Crippen molar-refractivity contribution in [3.63, 3.8) is 0 Å². The standard InChI is InChI=1S/C11H12BrN3O2/c1-11(2)16-5-8(17-11)10-14-7-3-6(12)4-13-9(7)15-10/h3-4,8H,5H2,1-2H3,(H,13,14,15). The zero-order chi connectivity index (χ0) is 12.0. The molecule has 0 radical (unpaired) electrons. The summed E-state index contributed by atoms with van der Waals surface area (Å²) in [4.78, 5) is 11.8. The molecule has 0 bridgehead atoms. The molecular weight excluding hydrogens is 286 g/mol. The molecule has 1 aliphatic rings. The molecule has 2 aromatic rings. The van der Waals surface area contributed by atoms with Crippen LogP contribution in [0, 0.1) is 0 Å². The van der Waals surface area contributed by atoms with E-state index in [2.05, 4.69) is 30.9 Å². The van der Waals surface area contributed by atoms with E-state index in [1.54, 1.807) is 6.20 Å². The number of imidazole rings is 1. The fraction of sp³-hybridized carbons (Fsp3) is 0.455. The number of halogens is 1. The minimum Gasteiger partial charge on any atom is -0.347 e. The smallest absolute Gasteiger partial charge is 0.177 e. The number of aromatic nitrogens is 3. The Kier molecular flexibility index (Phi) is 2.46. The number of hydrogen-bond donors (Lipinski definition) is 1. The van der Waals surface area contributed by atoms with Crippen molar-refractivity contribution in [1.82, 2.24) is 15.0 Å². The highest BCUT2D eigenvalue weighted by Crippen LogP contribution is 2.32. The molecule has 0 spiro atoms. The summed E-state index contributed by atoms with van der Waals surface area (Å²) in [6.45, 7) is 4.29. The molecule has 0 amide bonds. The first kappa shape index (κ1) is 11.1. The largest absolute Gasteiger partial charge is 0.347 e. The second-order valence-electron chi connectivity index (χ2n) is 4.46. The first-order valence-electron chi connectivity index (χ1n) is 5.36. The Balaban J connectivity index is 1.96. The third-order valence-electron chi connectivity index (χ3n) is 2.64. The van der Waals surface area contributed by atoms with Gasteiger partial charge in [0.15, 0.2) is 11.4 Å². The Bertz CT molecular complexity index is 567. The van der Waals surface area contributed by atoms with E-state index in [0.717, 1.165) is 15.8 Å². The summed E-state index contributed by atoms with van der Waals surface area (Å²) < 4.78 is 12.2. The van der Waals surface area contributed by atoms with Crippen LogP contribution in [0.25, 0.3) is 11.2 Å². The third kappa shape index (κ3) is 2.08. The van der Waals surface area contributed by atoms with Crippen LogP contribution in [0.5, 0.6) is 0 Å². The number of ether oxygens (including phenoxy) is 2. The topological polar surface area (TPSA) is 60.0 Å². The Morgan fingerprint density at radius 2 is 2.35 bits per heavy atom. The summed E-state index contributed by atoms with van der Waals surface area (Å²) in [6.07, 6.45) is 1.57. The Labute approximate surface area is 107 Å². The second-order valence-corrected chi connectivity index (χ2v) is 5.38. The predicted molar refractivity (Wildman–Crippen MR) is 65.4 cm³/mol. The Hall–Kier alpha value is -0.980. The Morgan fingerprint density at radius 1 is 1.53 bits per heavy atom. The third-order valence-corrected chi connectivity index (χ3v) is 3.07. The van der Waals surface area contributed by atoms with Gasteiger partial charge in [-0.1, -0.05) is 0 Å². The zero-order valence-electron chi connectivity index (χ0n) is 9.53. The van der Waals surface area contributed by atoms with Gasteiger partial charge in [-0.2, -0.15) is 0 Å². The van der Waals surface area contributed by atoms with Gasteiger partial charge in [-0.3, -0.25) is 0 Å². The van der Waals surface area contributed by atoms with Gasteiger partial charge < -0.3 is 14.5 Å². The van der Waals surface area contributed by atoms with Crippen LogP contribution >= 0.6 is 15.9 Å². The molecule has 0 saturated carbocycles. The monoisotopic (exact) mass is 297 g/mol. The van der Waals surface area contributed by atoms with E-state index in [1.807, 2.05) is 19.9 Å². The molecule has 3 rings (SSSR count). The van der Waals surface area contributed by atoms with Gasteiger partial charge in [-0.15, -0.1) is 0 Å². The van der Waals surface area contributed by atoms with E-state index >= 15 is 0 Å². The lowest BCUT2D eigenvalue weighted by Gasteiger charge is -2.15. The molecule has 1 N–H and O–H groups in total. The maximum atomic E-state index is 5.74. The summed E-state index contributed by atoms with van der Waals surface area (Å²) in [5.41, 5.74) is 1.58. The van der Waals surface area contributed by atoms with Gasteiger partial charge in [0, 0.05) is 10.7 Å². The number of nitrogens with one attached hydrogen (secondary N) is 1. The van der Waals surface area contributed by atoms with Gasteiger partial charge in [-0.05, 0) is 35.8 Å². The highest BCUT2D eigenvalue weighted by molar-refractivity contribution is 9.10. The lowest BCUT2D eigenvalue weighted by atomic mass is 10.3. The lowest BCUT2D eigenvalue weighted by Crippen LogP contribution is -2.19. The van der Waals surface area contributed by atoms with Crippen LogP contribution in [0.15, 0.2) is 16.7 Å². The summed E-state index contributed by atoms with van der Waals surface area (Å²) in [5.74, 6) is 0.216. The molecule has 1 unspecified atom stereocenters. The average molecular weight is 298 g/mol. The second kappa shape index (κ2) is 3.76. The maximum Gasteiger partial charge on any atom is 0.177 e. The quantitative estimate of drug-likeness (QED) is 0.879. The SMILES string of the molecule is CC1(C)OCC(c2nc3ncc(Br)cc3[nH]2)O1. The van der Waals surface area contributed by atoms with E-state index in [9.17, 15) is 0 Å². The number of fused-ring (bicyclic) bond motifs is 1. The number of H-pyrrole nitrogens is 1. The number of nitrogens with zero attached hydrogens (tertiary/aromatic N) is 2. The van der Waals surface area contributed by atoms with Crippen molar-refractivity contribution < 1.29 is 9.47 Å². The number of rotatable bonds is 1. The maximum absolute atomic E-state index is 5.74. The zero-order valence-corrected chi connectivity index (χ0v) is 11.1. The normalized spacial score (nSPS) is 23.4. The molecule has 3 heterocycles. The molecule has 1 atom stereocenters. The first-order chi connectivity index (χ1) is 8.03. The summed E-state index contributed by atoms with van der Waals surface area (Å²) >= 11 is 3.38. The fourth-order valence-corrected chi connectivity index (χ4v) is 2.20. The Morgan fingerprint density at radius 3 is 3.06 bits per heavy atom. The number of aromatic amines is 1. The van der Waals surface area contributed by atoms with Crippen LogP contribution in [-0.4, -0.2) is 27.3 Å². The van der Waals surface area contributed by atoms with Crippen LogP contribution < -0.4 is 0 Å². The van der Waals surface area contributed by atoms with Gasteiger partial charge in [0.2, 0.25) is 0 Å². The van der Waals surface area contributed by atoms with Gasteiger partial charge in [0.25, 0.3) is 0 Å². The van der Waals surface area contributed by atoms with Crippen LogP contribution in [0.4, 0.5) is 0 Å². The molecule has 90 valence electrons. The van der Waals surface area contributed by atoms with Crippen LogP contribution in [-0.2, 0) is 9.47 Å². The molecule has 2 aromatic heterocycles. The van der Waals surface area contributed by atoms with E-state index in [-0.39, 0.29) is 6.10 Å². The van der Waals surface area contributed by atoms with E-state index in [0.29, 0.717) is 12.3 Å². The van der Waals surface area contributed by atoms with Crippen molar-refractivity contribution in [3.05, 3.63) is 22.6 Å². The molecule has 1 fully saturated rings. The number of pyridine rings is 1. The molecule has 0 aliphatic carbocycles. The van der Waals surface area contributed by atoms with Crippen molar-refractivity contribution in [1.29, 1.82) is 0 Å². The summed E-state index contributed by atoms with van der Waals surface area (Å²) in [5, 5.41) is 0. The summed E-state index contributed by atoms with van der Waals surface area (Å²) in [7, 11) is 0. The average Bonchev–Trinajstić information content (AvgIpc) is 2.80. The van der Waals surface area contributed by atoms with E-state index in [4.69, 9.17) is 9.47 Å². The molecule has 1 saturated heterocycles. The van der Waals surface area contributed by atoms with Gasteiger partial charge in [0.05, 0.1) is 12.1 Å². The fourth-order valence-electron chi connectivity index (χ4n) is 1.87. The minimum absolute atomic E-state index is 0.155. The highest BCUT2D eigenvalue weighted by atomic mass is 79.9. The van der Waals surface area contributed by atoms with Crippen LogP contribution in [0.1, 0.15) is 25.8 Å². The van der Waals surface area contributed by atoms with Gasteiger partial charge in [0.1, 0.15) is 11.9 Å². The van der Waals surface area contributed by atoms with Crippen molar-refractivity contribution in [2.75, 3.05) is 6.61 Å². The molecule has 6 heteroatoms. The molecule has 1 aliphatic heterocycles. The van der Waals surface area contributed by atoms with E-state index < -0.39 is 5.79 Å². The van der Waals surface area contributed by atoms with Crippen molar-refractivity contribution >= 4 is 27.1 Å². The minimum atomic E-state index is -0.544. The predicted octanol–water partition coefficient (Wildman–Crippen LogP) is 2.54. The van der Waals surface area contributed by atoms with E-state index in [1.165, 1.54) is 0 Å². The van der Waals surface area contributed by atoms with Crippen molar-refractivity contribution in [2.45, 2.75) is 25.7 Å². The van der Waals surface area contributed by atoms with Crippen molar-refractivity contribution in [3.8, 4) is 0 Å². The lowest BCUT2D eigenvalue weighted by molar-refractivity contribution is -0.139. The molecule has 17 heavy (non-hydrogen) atoms. The van der Waals surface area contributed by atoms with Gasteiger partial charge >= 0.3 is 0 Å². The van der Waals surface area contributed by atoms with Crippen LogP contribution in [0.3, 0.4) is 0 Å². The number of hydrogen-bond acceptors (Lipinski definition) is 4. The highest BCUT2D eigenvalue weighted by Gasteiger charge is 2.35. The van der Waals surface area contributed by atoms with Crippen molar-refractivity contribution in [2.24, 2.45) is 0 Å². The van der Waals surface area contributed by atoms with Gasteiger partial charge in [-0.25, -0.2) is 9.97 Å². The molecule has 0 aromatic carbocycles.